The molecule has 19 heavy (non-hydrogen) atoms. The van der Waals surface area contributed by atoms with Crippen LogP contribution in [0.15, 0.2) is 55.0 Å². The second-order valence-corrected chi connectivity index (χ2v) is 3.90. The fourth-order valence-corrected chi connectivity index (χ4v) is 1.78. The Kier molecular flexibility index (Phi) is 2.86. The first-order chi connectivity index (χ1) is 9.34. The topological polar surface area (TPSA) is 67.8 Å². The molecule has 1 amide bonds. The molecule has 2 aromatic heterocycles. The predicted octanol–water partition coefficient (Wildman–Crippen LogP) is 2.28. The van der Waals surface area contributed by atoms with Crippen LogP contribution >= 0.6 is 0 Å². The average Bonchev–Trinajstić information content (AvgIpc) is 2.48. The van der Waals surface area contributed by atoms with Crippen LogP contribution in [-0.4, -0.2) is 20.9 Å². The van der Waals surface area contributed by atoms with Gasteiger partial charge in [-0.05, 0) is 24.3 Å². The summed E-state index contributed by atoms with van der Waals surface area (Å²) in [4.78, 5) is 24.5. The van der Waals surface area contributed by atoms with E-state index in [1.165, 1.54) is 0 Å². The number of carbonyl (C=O) groups is 1. The van der Waals surface area contributed by atoms with Crippen LogP contribution in [0.4, 0.5) is 5.69 Å². The molecule has 3 rings (SSSR count). The normalized spacial score (nSPS) is 10.3. The highest BCUT2D eigenvalue weighted by atomic mass is 16.1. The van der Waals surface area contributed by atoms with Crippen molar-refractivity contribution in [3.05, 3.63) is 60.7 Å². The molecule has 0 radical (unpaired) electrons. The zero-order valence-corrected chi connectivity index (χ0v) is 9.95. The molecule has 92 valence electrons. The summed E-state index contributed by atoms with van der Waals surface area (Å²) in [6.07, 6.45) is 4.79. The van der Waals surface area contributed by atoms with Crippen molar-refractivity contribution in [3.8, 4) is 0 Å². The summed E-state index contributed by atoms with van der Waals surface area (Å²) in [6.45, 7) is 0. The number of para-hydroxylation sites is 1. The van der Waals surface area contributed by atoms with Crippen LogP contribution in [0.5, 0.6) is 0 Å². The second-order valence-electron chi connectivity index (χ2n) is 3.90. The molecule has 0 saturated heterocycles. The molecule has 5 nitrogen and oxygen atoms in total. The number of rotatable bonds is 2. The monoisotopic (exact) mass is 250 g/mol. The molecule has 0 atom stereocenters. The van der Waals surface area contributed by atoms with Crippen molar-refractivity contribution in [2.75, 3.05) is 5.32 Å². The van der Waals surface area contributed by atoms with E-state index in [9.17, 15) is 4.79 Å². The minimum Gasteiger partial charge on any atom is -0.319 e. The lowest BCUT2D eigenvalue weighted by Crippen LogP contribution is -2.13. The highest BCUT2D eigenvalue weighted by Gasteiger charge is 2.09. The molecule has 5 heteroatoms. The summed E-state index contributed by atoms with van der Waals surface area (Å²) in [5.74, 6) is -0.265. The van der Waals surface area contributed by atoms with Gasteiger partial charge in [0.25, 0.3) is 5.91 Å². The Morgan fingerprint density at radius 2 is 1.79 bits per heavy atom. The molecule has 3 aromatic rings. The van der Waals surface area contributed by atoms with Gasteiger partial charge in [-0.3, -0.25) is 19.7 Å². The lowest BCUT2D eigenvalue weighted by atomic mass is 10.2. The largest absolute Gasteiger partial charge is 0.319 e. The van der Waals surface area contributed by atoms with E-state index in [2.05, 4.69) is 20.3 Å². The van der Waals surface area contributed by atoms with Crippen LogP contribution in [0.25, 0.3) is 11.0 Å². The number of fused-ring (bicyclic) bond motifs is 1. The van der Waals surface area contributed by atoms with Gasteiger partial charge < -0.3 is 5.32 Å². The van der Waals surface area contributed by atoms with Gasteiger partial charge >= 0.3 is 0 Å². The number of pyridine rings is 1. The van der Waals surface area contributed by atoms with Gasteiger partial charge in [0, 0.05) is 18.6 Å². The molecule has 0 saturated carbocycles. The fraction of sp³-hybridized carbons (Fsp3) is 0. The van der Waals surface area contributed by atoms with Crippen molar-refractivity contribution >= 4 is 22.6 Å². The van der Waals surface area contributed by atoms with Crippen molar-refractivity contribution < 1.29 is 4.79 Å². The number of nitrogens with zero attached hydrogens (tertiary/aromatic N) is 3. The molecular formula is C14H10N4O. The Balaban J connectivity index is 1.96. The molecule has 0 aliphatic carbocycles. The summed E-state index contributed by atoms with van der Waals surface area (Å²) in [7, 11) is 0. The molecule has 0 aliphatic rings. The van der Waals surface area contributed by atoms with E-state index in [1.54, 1.807) is 42.9 Å². The van der Waals surface area contributed by atoms with Crippen LogP contribution in [0.3, 0.4) is 0 Å². The number of carbonyl (C=O) groups excluding carboxylic acids is 1. The van der Waals surface area contributed by atoms with Crippen LogP contribution in [-0.2, 0) is 0 Å². The van der Waals surface area contributed by atoms with Crippen LogP contribution in [0.2, 0.25) is 0 Å². The van der Waals surface area contributed by atoms with Crippen LogP contribution in [0, 0.1) is 0 Å². The third-order valence-electron chi connectivity index (χ3n) is 2.64. The Hall–Kier alpha value is -2.82. The van der Waals surface area contributed by atoms with Gasteiger partial charge in [-0.25, -0.2) is 0 Å². The molecule has 2 heterocycles. The smallest absolute Gasteiger partial charge is 0.274 e. The SMILES string of the molecule is O=C(Nc1cccc2nccnc12)c1ccccn1. The van der Waals surface area contributed by atoms with E-state index >= 15 is 0 Å². The minimum absolute atomic E-state index is 0.265. The summed E-state index contributed by atoms with van der Waals surface area (Å²) in [5, 5.41) is 2.80. The van der Waals surface area contributed by atoms with Gasteiger partial charge in [-0.15, -0.1) is 0 Å². The summed E-state index contributed by atoms with van der Waals surface area (Å²) in [6, 6.07) is 10.7. The summed E-state index contributed by atoms with van der Waals surface area (Å²) in [5.41, 5.74) is 2.39. The Bertz CT molecular complexity index is 722. The van der Waals surface area contributed by atoms with Gasteiger partial charge in [0.2, 0.25) is 0 Å². The van der Waals surface area contributed by atoms with Gasteiger partial charge in [-0.2, -0.15) is 0 Å². The molecule has 1 N–H and O–H groups in total. The van der Waals surface area contributed by atoms with E-state index in [1.807, 2.05) is 12.1 Å². The van der Waals surface area contributed by atoms with E-state index in [0.717, 1.165) is 5.52 Å². The van der Waals surface area contributed by atoms with Crippen LogP contribution in [0.1, 0.15) is 10.5 Å². The first kappa shape index (κ1) is 11.3. The van der Waals surface area contributed by atoms with Crippen molar-refractivity contribution in [3.63, 3.8) is 0 Å². The van der Waals surface area contributed by atoms with Crippen molar-refractivity contribution in [1.29, 1.82) is 0 Å². The number of hydrogen-bond donors (Lipinski definition) is 1. The number of anilines is 1. The van der Waals surface area contributed by atoms with E-state index in [0.29, 0.717) is 16.9 Å². The maximum atomic E-state index is 12.0. The number of hydrogen-bond acceptors (Lipinski definition) is 4. The minimum atomic E-state index is -0.265. The first-order valence-electron chi connectivity index (χ1n) is 5.77. The molecular weight excluding hydrogens is 240 g/mol. The molecule has 0 spiro atoms. The third-order valence-corrected chi connectivity index (χ3v) is 2.64. The zero-order chi connectivity index (χ0) is 13.1. The van der Waals surface area contributed by atoms with Crippen LogP contribution < -0.4 is 5.32 Å². The van der Waals surface area contributed by atoms with Gasteiger partial charge in [0.05, 0.1) is 11.2 Å². The Labute approximate surface area is 109 Å². The fourth-order valence-electron chi connectivity index (χ4n) is 1.78. The number of benzene rings is 1. The van der Waals surface area contributed by atoms with E-state index < -0.39 is 0 Å². The highest BCUT2D eigenvalue weighted by Crippen LogP contribution is 2.19. The summed E-state index contributed by atoms with van der Waals surface area (Å²) < 4.78 is 0. The van der Waals surface area contributed by atoms with E-state index in [-0.39, 0.29) is 5.91 Å². The molecule has 0 unspecified atom stereocenters. The maximum absolute atomic E-state index is 12.0. The first-order valence-corrected chi connectivity index (χ1v) is 5.77. The Morgan fingerprint density at radius 3 is 2.63 bits per heavy atom. The quantitative estimate of drug-likeness (QED) is 0.757. The summed E-state index contributed by atoms with van der Waals surface area (Å²) >= 11 is 0. The molecule has 1 aromatic carbocycles. The van der Waals surface area contributed by atoms with Gasteiger partial charge in [0.1, 0.15) is 11.2 Å². The number of nitrogens with one attached hydrogen (secondary N) is 1. The van der Waals surface area contributed by atoms with Crippen molar-refractivity contribution in [2.24, 2.45) is 0 Å². The molecule has 0 aliphatic heterocycles. The van der Waals surface area contributed by atoms with Gasteiger partial charge in [-0.1, -0.05) is 12.1 Å². The molecule has 0 bridgehead atoms. The van der Waals surface area contributed by atoms with Crippen molar-refractivity contribution in [2.45, 2.75) is 0 Å². The predicted molar refractivity (Wildman–Crippen MR) is 71.7 cm³/mol. The lowest BCUT2D eigenvalue weighted by molar-refractivity contribution is 0.102. The number of aromatic nitrogens is 3. The maximum Gasteiger partial charge on any atom is 0.274 e. The standard InChI is InChI=1S/C14H10N4O/c19-14(12-4-1-2-7-15-12)18-11-6-3-5-10-13(11)17-9-8-16-10/h1-9H,(H,18,19). The zero-order valence-electron chi connectivity index (χ0n) is 9.95. The average molecular weight is 250 g/mol. The van der Waals surface area contributed by atoms with E-state index in [4.69, 9.17) is 0 Å². The molecule has 0 fully saturated rings. The third kappa shape index (κ3) is 2.26. The number of amides is 1. The van der Waals surface area contributed by atoms with Crippen molar-refractivity contribution in [1.82, 2.24) is 15.0 Å². The second kappa shape index (κ2) is 4.81. The van der Waals surface area contributed by atoms with Gasteiger partial charge in [0.15, 0.2) is 0 Å². The highest BCUT2D eigenvalue weighted by molar-refractivity contribution is 6.06. The Morgan fingerprint density at radius 1 is 0.895 bits per heavy atom. The lowest BCUT2D eigenvalue weighted by Gasteiger charge is -2.06.